The summed E-state index contributed by atoms with van der Waals surface area (Å²) in [7, 11) is 0. The summed E-state index contributed by atoms with van der Waals surface area (Å²) in [6.45, 7) is 0. The lowest BCUT2D eigenvalue weighted by Crippen LogP contribution is -2.11. The number of nitrogen functional groups attached to an aromatic ring is 1. The van der Waals surface area contributed by atoms with Crippen LogP contribution < -0.4 is 11.1 Å². The van der Waals surface area contributed by atoms with Crippen molar-refractivity contribution in [3.05, 3.63) is 97.2 Å². The summed E-state index contributed by atoms with van der Waals surface area (Å²) in [6.07, 6.45) is 7.07. The molecule has 30 heavy (non-hydrogen) atoms. The Bertz CT molecular complexity index is 1320. The van der Waals surface area contributed by atoms with Gasteiger partial charge in [-0.05, 0) is 66.7 Å². The number of nitrogens with two attached hydrogens (primary N) is 1. The van der Waals surface area contributed by atoms with E-state index in [0.29, 0.717) is 16.9 Å². The Kier molecular flexibility index (Phi) is 4.25. The van der Waals surface area contributed by atoms with Gasteiger partial charge < -0.3 is 15.6 Å². The van der Waals surface area contributed by atoms with E-state index in [4.69, 9.17) is 5.73 Å². The number of carbonyl (C=O) groups excluding carboxylic acids is 1. The maximum Gasteiger partial charge on any atom is 0.255 e. The summed E-state index contributed by atoms with van der Waals surface area (Å²) in [6, 6.07) is 20.6. The van der Waals surface area contributed by atoms with Crippen molar-refractivity contribution >= 4 is 28.2 Å². The van der Waals surface area contributed by atoms with Crippen LogP contribution in [0.25, 0.3) is 22.3 Å². The Morgan fingerprint density at radius 2 is 1.70 bits per heavy atom. The number of benzene rings is 3. The molecule has 5 aromatic rings. The standard InChI is InChI=1S/C23H18N6O/c24-18-3-8-21(9-4-18)29-22-10-5-19(13-17(22)14-26-29)27-23(30)16-1-6-20(7-2-16)28-12-11-25-15-28/h1-15H,24H2,(H,27,30). The van der Waals surface area contributed by atoms with E-state index in [2.05, 4.69) is 15.4 Å². The molecule has 0 saturated heterocycles. The second-order valence-electron chi connectivity index (χ2n) is 6.89. The second kappa shape index (κ2) is 7.21. The summed E-state index contributed by atoms with van der Waals surface area (Å²) in [5.41, 5.74) is 10.6. The van der Waals surface area contributed by atoms with Crippen molar-refractivity contribution in [1.29, 1.82) is 0 Å². The predicted octanol–water partition coefficient (Wildman–Crippen LogP) is 4.05. The van der Waals surface area contributed by atoms with E-state index < -0.39 is 0 Å². The number of nitrogens with zero attached hydrogens (tertiary/aromatic N) is 4. The topological polar surface area (TPSA) is 90.8 Å². The van der Waals surface area contributed by atoms with E-state index >= 15 is 0 Å². The largest absolute Gasteiger partial charge is 0.399 e. The fraction of sp³-hybridized carbons (Fsp3) is 0. The molecular weight excluding hydrogens is 376 g/mol. The smallest absolute Gasteiger partial charge is 0.255 e. The third-order valence-corrected chi connectivity index (χ3v) is 4.90. The Labute approximate surface area is 172 Å². The summed E-state index contributed by atoms with van der Waals surface area (Å²) >= 11 is 0. The van der Waals surface area contributed by atoms with Gasteiger partial charge in [0.15, 0.2) is 0 Å². The third-order valence-electron chi connectivity index (χ3n) is 4.90. The molecule has 3 aromatic carbocycles. The van der Waals surface area contributed by atoms with E-state index in [1.807, 2.05) is 70.0 Å². The SMILES string of the molecule is Nc1ccc(-n2ncc3cc(NC(=O)c4ccc(-n5ccnc5)cc4)ccc32)cc1. The van der Waals surface area contributed by atoms with Crippen molar-refractivity contribution in [3.63, 3.8) is 0 Å². The molecule has 7 nitrogen and oxygen atoms in total. The molecule has 0 spiro atoms. The maximum absolute atomic E-state index is 12.6. The third kappa shape index (κ3) is 3.29. The molecule has 0 fully saturated rings. The lowest BCUT2D eigenvalue weighted by atomic mass is 10.1. The molecule has 0 atom stereocenters. The number of rotatable bonds is 4. The fourth-order valence-electron chi connectivity index (χ4n) is 3.33. The fourth-order valence-corrected chi connectivity index (χ4v) is 3.33. The molecular formula is C23H18N6O. The summed E-state index contributed by atoms with van der Waals surface area (Å²) in [5, 5.41) is 8.34. The molecule has 0 saturated carbocycles. The summed E-state index contributed by atoms with van der Waals surface area (Å²) < 4.78 is 3.73. The molecule has 3 N–H and O–H groups in total. The van der Waals surface area contributed by atoms with Gasteiger partial charge in [0.2, 0.25) is 0 Å². The first-order valence-corrected chi connectivity index (χ1v) is 9.41. The lowest BCUT2D eigenvalue weighted by Gasteiger charge is -2.08. The average Bonchev–Trinajstić information content (AvgIpc) is 3.44. The predicted molar refractivity (Wildman–Crippen MR) is 117 cm³/mol. The minimum atomic E-state index is -0.169. The van der Waals surface area contributed by atoms with E-state index in [9.17, 15) is 4.79 Å². The monoisotopic (exact) mass is 394 g/mol. The van der Waals surface area contributed by atoms with Crippen molar-refractivity contribution in [2.75, 3.05) is 11.1 Å². The van der Waals surface area contributed by atoms with Crippen molar-refractivity contribution in [2.45, 2.75) is 0 Å². The Morgan fingerprint density at radius 3 is 2.43 bits per heavy atom. The van der Waals surface area contributed by atoms with Crippen LogP contribution in [0, 0.1) is 0 Å². The number of aromatic nitrogens is 4. The Morgan fingerprint density at radius 1 is 0.933 bits per heavy atom. The number of carbonyl (C=O) groups is 1. The number of imidazole rings is 1. The quantitative estimate of drug-likeness (QED) is 0.450. The van der Waals surface area contributed by atoms with Gasteiger partial charge in [-0.1, -0.05) is 0 Å². The van der Waals surface area contributed by atoms with E-state index in [1.54, 1.807) is 30.9 Å². The first-order chi connectivity index (χ1) is 14.7. The van der Waals surface area contributed by atoms with Gasteiger partial charge >= 0.3 is 0 Å². The highest BCUT2D eigenvalue weighted by Crippen LogP contribution is 2.23. The number of hydrogen-bond donors (Lipinski definition) is 2. The number of hydrogen-bond acceptors (Lipinski definition) is 4. The molecule has 1 amide bonds. The minimum absolute atomic E-state index is 0.169. The van der Waals surface area contributed by atoms with Gasteiger partial charge in [0.25, 0.3) is 5.91 Å². The molecule has 0 aliphatic carbocycles. The molecule has 0 unspecified atom stereocenters. The highest BCUT2D eigenvalue weighted by molar-refractivity contribution is 6.05. The Hall–Kier alpha value is -4.39. The number of fused-ring (bicyclic) bond motifs is 1. The van der Waals surface area contributed by atoms with Crippen LogP contribution in [0.5, 0.6) is 0 Å². The highest BCUT2D eigenvalue weighted by Gasteiger charge is 2.10. The van der Waals surface area contributed by atoms with Gasteiger partial charge in [-0.2, -0.15) is 5.10 Å². The summed E-state index contributed by atoms with van der Waals surface area (Å²) in [5.74, 6) is -0.169. The maximum atomic E-state index is 12.6. The molecule has 146 valence electrons. The number of anilines is 2. The normalized spacial score (nSPS) is 10.9. The van der Waals surface area contributed by atoms with Crippen molar-refractivity contribution < 1.29 is 4.79 Å². The molecule has 0 aliphatic heterocycles. The van der Waals surface area contributed by atoms with Gasteiger partial charge in [-0.3, -0.25) is 4.79 Å². The van der Waals surface area contributed by atoms with Crippen LogP contribution in [-0.2, 0) is 0 Å². The van der Waals surface area contributed by atoms with Crippen LogP contribution in [0.3, 0.4) is 0 Å². The minimum Gasteiger partial charge on any atom is -0.399 e. The first-order valence-electron chi connectivity index (χ1n) is 9.41. The Balaban J connectivity index is 1.36. The van der Waals surface area contributed by atoms with Crippen LogP contribution in [0.4, 0.5) is 11.4 Å². The van der Waals surface area contributed by atoms with Gasteiger partial charge in [0.05, 0.1) is 23.7 Å². The van der Waals surface area contributed by atoms with Gasteiger partial charge in [-0.25, -0.2) is 9.67 Å². The van der Waals surface area contributed by atoms with Crippen LogP contribution in [0.15, 0.2) is 91.6 Å². The van der Waals surface area contributed by atoms with Gasteiger partial charge in [-0.15, -0.1) is 0 Å². The van der Waals surface area contributed by atoms with Crippen LogP contribution in [0.1, 0.15) is 10.4 Å². The van der Waals surface area contributed by atoms with Crippen LogP contribution >= 0.6 is 0 Å². The molecule has 2 aromatic heterocycles. The van der Waals surface area contributed by atoms with Gasteiger partial charge in [0.1, 0.15) is 0 Å². The van der Waals surface area contributed by atoms with Crippen molar-refractivity contribution in [3.8, 4) is 11.4 Å². The van der Waals surface area contributed by atoms with Crippen LogP contribution in [0.2, 0.25) is 0 Å². The van der Waals surface area contributed by atoms with E-state index in [1.165, 1.54) is 0 Å². The summed E-state index contributed by atoms with van der Waals surface area (Å²) in [4.78, 5) is 16.7. The molecule has 0 radical (unpaired) electrons. The average molecular weight is 394 g/mol. The lowest BCUT2D eigenvalue weighted by molar-refractivity contribution is 0.102. The van der Waals surface area contributed by atoms with Crippen molar-refractivity contribution in [2.24, 2.45) is 0 Å². The van der Waals surface area contributed by atoms with Crippen molar-refractivity contribution in [1.82, 2.24) is 19.3 Å². The molecule has 0 bridgehead atoms. The molecule has 7 heteroatoms. The zero-order chi connectivity index (χ0) is 20.5. The molecule has 0 aliphatic rings. The number of amides is 1. The first kappa shape index (κ1) is 17.7. The molecule has 5 rings (SSSR count). The molecule has 2 heterocycles. The van der Waals surface area contributed by atoms with Crippen LogP contribution in [-0.4, -0.2) is 25.2 Å². The zero-order valence-corrected chi connectivity index (χ0v) is 15.9. The van der Waals surface area contributed by atoms with E-state index in [0.717, 1.165) is 22.3 Å². The second-order valence-corrected chi connectivity index (χ2v) is 6.89. The number of nitrogens with one attached hydrogen (secondary N) is 1. The zero-order valence-electron chi connectivity index (χ0n) is 15.9. The van der Waals surface area contributed by atoms with Gasteiger partial charge in [0, 0.05) is 40.4 Å². The van der Waals surface area contributed by atoms with E-state index in [-0.39, 0.29) is 5.91 Å². The highest BCUT2D eigenvalue weighted by atomic mass is 16.1.